The zero-order valence-electron chi connectivity index (χ0n) is 17.0. The van der Waals surface area contributed by atoms with E-state index in [1.165, 1.54) is 11.8 Å². The van der Waals surface area contributed by atoms with Gasteiger partial charge in [0.1, 0.15) is 5.75 Å². The number of hydrogen-bond acceptors (Lipinski definition) is 8. The Hall–Kier alpha value is -3.28. The number of rotatable bonds is 4. The Balaban J connectivity index is 1.80. The first-order valence-corrected chi connectivity index (χ1v) is 9.53. The van der Waals surface area contributed by atoms with Crippen molar-refractivity contribution in [2.75, 3.05) is 25.2 Å². The predicted octanol–water partition coefficient (Wildman–Crippen LogP) is 2.76. The number of halogens is 3. The van der Waals surface area contributed by atoms with E-state index >= 15 is 0 Å². The molecule has 1 aliphatic heterocycles. The number of nitrogens with zero attached hydrogens (tertiary/aromatic N) is 7. The van der Waals surface area contributed by atoms with E-state index in [0.717, 1.165) is 6.20 Å². The Labute approximate surface area is 175 Å². The quantitative estimate of drug-likeness (QED) is 0.618. The topological polar surface area (TPSA) is 91.1 Å². The van der Waals surface area contributed by atoms with Gasteiger partial charge in [0.15, 0.2) is 11.5 Å². The number of morpholine rings is 1. The molecule has 2 aromatic heterocycles. The van der Waals surface area contributed by atoms with Crippen molar-refractivity contribution < 1.29 is 22.6 Å². The van der Waals surface area contributed by atoms with Crippen LogP contribution >= 0.6 is 0 Å². The van der Waals surface area contributed by atoms with E-state index < -0.39 is 11.9 Å². The van der Waals surface area contributed by atoms with Crippen molar-refractivity contribution in [1.82, 2.24) is 30.2 Å². The first-order chi connectivity index (χ1) is 14.8. The average Bonchev–Trinajstić information content (AvgIpc) is 3.23. The lowest BCUT2D eigenvalue weighted by Gasteiger charge is -2.38. The monoisotopic (exact) mass is 435 g/mol. The second kappa shape index (κ2) is 8.10. The second-order valence-electron chi connectivity index (χ2n) is 7.19. The second-order valence-corrected chi connectivity index (χ2v) is 7.19. The van der Waals surface area contributed by atoms with E-state index in [4.69, 9.17) is 9.47 Å². The molecule has 1 aromatic carbocycles. The summed E-state index contributed by atoms with van der Waals surface area (Å²) >= 11 is 0. The lowest BCUT2D eigenvalue weighted by Crippen LogP contribution is -2.50. The SMILES string of the molecule is COc1ccc(-n2nnnc2-c2cnc(N3C(C)COCC3C)nc2C(F)(F)F)cc1. The van der Waals surface area contributed by atoms with Crippen LogP contribution < -0.4 is 9.64 Å². The molecule has 164 valence electrons. The summed E-state index contributed by atoms with van der Waals surface area (Å²) in [5.41, 5.74) is -0.952. The summed E-state index contributed by atoms with van der Waals surface area (Å²) in [6.45, 7) is 4.47. The molecule has 2 atom stereocenters. The fourth-order valence-corrected chi connectivity index (χ4v) is 3.53. The standard InChI is InChI=1S/C19H20F3N7O2/c1-11-9-31-10-12(2)28(11)18-23-8-15(16(24-18)19(20,21)22)17-25-26-27-29(17)13-4-6-14(30-3)7-5-13/h4-8,11-12H,9-10H2,1-3H3. The lowest BCUT2D eigenvalue weighted by molar-refractivity contribution is -0.140. The van der Waals surface area contributed by atoms with E-state index in [1.54, 1.807) is 29.2 Å². The summed E-state index contributed by atoms with van der Waals surface area (Å²) in [6.07, 6.45) is -3.62. The molecule has 1 fully saturated rings. The van der Waals surface area contributed by atoms with Crippen molar-refractivity contribution >= 4 is 5.95 Å². The van der Waals surface area contributed by atoms with Crippen LogP contribution in [0.3, 0.4) is 0 Å². The van der Waals surface area contributed by atoms with Crippen LogP contribution in [-0.2, 0) is 10.9 Å². The van der Waals surface area contributed by atoms with Crippen LogP contribution in [0.25, 0.3) is 17.1 Å². The predicted molar refractivity (Wildman–Crippen MR) is 104 cm³/mol. The average molecular weight is 435 g/mol. The first-order valence-electron chi connectivity index (χ1n) is 9.53. The summed E-state index contributed by atoms with van der Waals surface area (Å²) in [5, 5.41) is 11.2. The molecule has 0 radical (unpaired) electrons. The summed E-state index contributed by atoms with van der Waals surface area (Å²) in [6, 6.07) is 6.26. The number of alkyl halides is 3. The molecule has 0 spiro atoms. The minimum atomic E-state index is -4.73. The highest BCUT2D eigenvalue weighted by molar-refractivity contribution is 5.61. The highest BCUT2D eigenvalue weighted by atomic mass is 19.4. The number of anilines is 1. The maximum absolute atomic E-state index is 14.0. The van der Waals surface area contributed by atoms with Gasteiger partial charge in [-0.25, -0.2) is 9.97 Å². The van der Waals surface area contributed by atoms with Gasteiger partial charge in [0.2, 0.25) is 5.95 Å². The minimum Gasteiger partial charge on any atom is -0.497 e. The third kappa shape index (κ3) is 4.02. The fourth-order valence-electron chi connectivity index (χ4n) is 3.53. The van der Waals surface area contributed by atoms with Gasteiger partial charge in [-0.2, -0.15) is 17.9 Å². The van der Waals surface area contributed by atoms with Crippen LogP contribution in [0.5, 0.6) is 5.75 Å². The first kappa shape index (κ1) is 21.0. The van der Waals surface area contributed by atoms with E-state index in [9.17, 15) is 13.2 Å². The van der Waals surface area contributed by atoms with Gasteiger partial charge in [-0.05, 0) is 48.5 Å². The van der Waals surface area contributed by atoms with E-state index in [-0.39, 0.29) is 29.4 Å². The van der Waals surface area contributed by atoms with Gasteiger partial charge in [-0.15, -0.1) is 5.10 Å². The van der Waals surface area contributed by atoms with Crippen molar-refractivity contribution in [2.45, 2.75) is 32.1 Å². The maximum Gasteiger partial charge on any atom is 0.434 e. The molecule has 0 bridgehead atoms. The molecule has 3 aromatic rings. The number of benzene rings is 1. The van der Waals surface area contributed by atoms with Crippen LogP contribution in [0.2, 0.25) is 0 Å². The largest absolute Gasteiger partial charge is 0.497 e. The molecule has 0 N–H and O–H groups in total. The number of ether oxygens (including phenoxy) is 2. The molecule has 3 heterocycles. The normalized spacial score (nSPS) is 19.5. The summed E-state index contributed by atoms with van der Waals surface area (Å²) in [5.74, 6) is 0.464. The van der Waals surface area contributed by atoms with Gasteiger partial charge in [0.25, 0.3) is 0 Å². The number of methoxy groups -OCH3 is 1. The Morgan fingerprint density at radius 3 is 2.39 bits per heavy atom. The van der Waals surface area contributed by atoms with Crippen molar-refractivity contribution in [2.24, 2.45) is 0 Å². The molecule has 12 heteroatoms. The maximum atomic E-state index is 14.0. The Kier molecular flexibility index (Phi) is 5.48. The van der Waals surface area contributed by atoms with E-state index in [0.29, 0.717) is 24.7 Å². The van der Waals surface area contributed by atoms with Crippen molar-refractivity contribution in [3.8, 4) is 22.8 Å². The number of tetrazole rings is 1. The highest BCUT2D eigenvalue weighted by Crippen LogP contribution is 2.36. The molecule has 1 saturated heterocycles. The smallest absolute Gasteiger partial charge is 0.434 e. The number of aromatic nitrogens is 6. The van der Waals surface area contributed by atoms with Crippen LogP contribution in [0, 0.1) is 0 Å². The zero-order chi connectivity index (χ0) is 22.2. The molecule has 31 heavy (non-hydrogen) atoms. The van der Waals surface area contributed by atoms with Crippen molar-refractivity contribution in [3.63, 3.8) is 0 Å². The highest BCUT2D eigenvalue weighted by Gasteiger charge is 2.39. The lowest BCUT2D eigenvalue weighted by atomic mass is 10.1. The summed E-state index contributed by atoms with van der Waals surface area (Å²) in [7, 11) is 1.52. The Morgan fingerprint density at radius 1 is 1.10 bits per heavy atom. The Morgan fingerprint density at radius 2 is 1.77 bits per heavy atom. The molecular formula is C19H20F3N7O2. The van der Waals surface area contributed by atoms with Crippen LogP contribution in [0.15, 0.2) is 30.5 Å². The molecule has 2 unspecified atom stereocenters. The van der Waals surface area contributed by atoms with Crippen LogP contribution in [0.1, 0.15) is 19.5 Å². The van der Waals surface area contributed by atoms with Gasteiger partial charge >= 0.3 is 6.18 Å². The molecule has 0 aliphatic carbocycles. The molecule has 0 saturated carbocycles. The number of hydrogen-bond donors (Lipinski definition) is 0. The van der Waals surface area contributed by atoms with Gasteiger partial charge in [-0.1, -0.05) is 0 Å². The fraction of sp³-hybridized carbons (Fsp3) is 0.421. The van der Waals surface area contributed by atoms with Gasteiger partial charge in [0.05, 0.1) is 43.7 Å². The van der Waals surface area contributed by atoms with E-state index in [1.807, 2.05) is 13.8 Å². The van der Waals surface area contributed by atoms with Crippen molar-refractivity contribution in [1.29, 1.82) is 0 Å². The van der Waals surface area contributed by atoms with Gasteiger partial charge < -0.3 is 14.4 Å². The summed E-state index contributed by atoms with van der Waals surface area (Å²) in [4.78, 5) is 9.85. The summed E-state index contributed by atoms with van der Waals surface area (Å²) < 4.78 is 53.7. The molecule has 4 rings (SSSR count). The third-order valence-electron chi connectivity index (χ3n) is 4.97. The molecular weight excluding hydrogens is 415 g/mol. The van der Waals surface area contributed by atoms with Crippen LogP contribution in [0.4, 0.5) is 19.1 Å². The van der Waals surface area contributed by atoms with Gasteiger partial charge in [0, 0.05) is 6.20 Å². The third-order valence-corrected chi connectivity index (χ3v) is 4.97. The zero-order valence-corrected chi connectivity index (χ0v) is 17.0. The van der Waals surface area contributed by atoms with Gasteiger partial charge in [-0.3, -0.25) is 0 Å². The van der Waals surface area contributed by atoms with Crippen LogP contribution in [-0.4, -0.2) is 62.6 Å². The van der Waals surface area contributed by atoms with Crippen molar-refractivity contribution in [3.05, 3.63) is 36.2 Å². The molecule has 9 nitrogen and oxygen atoms in total. The molecule has 0 amide bonds. The Bertz CT molecular complexity index is 1050. The van der Waals surface area contributed by atoms with E-state index in [2.05, 4.69) is 25.5 Å². The minimum absolute atomic E-state index is 0.0113. The molecule has 1 aliphatic rings.